The first-order valence-electron chi connectivity index (χ1n) is 5.68. The van der Waals surface area contributed by atoms with Crippen LogP contribution < -0.4 is 0 Å². The number of para-hydroxylation sites is 2. The van der Waals surface area contributed by atoms with Crippen molar-refractivity contribution in [3.63, 3.8) is 0 Å². The SMILES string of the molecule is Cc1cc(C)n(C(=O)c2nc3ccccc3[nH]2)n1. The lowest BCUT2D eigenvalue weighted by atomic mass is 10.3. The molecule has 3 aromatic rings. The third-order valence-electron chi connectivity index (χ3n) is 2.79. The fourth-order valence-electron chi connectivity index (χ4n) is 1.99. The van der Waals surface area contributed by atoms with Gasteiger partial charge in [-0.3, -0.25) is 4.79 Å². The average Bonchev–Trinajstić information content (AvgIpc) is 2.91. The maximum Gasteiger partial charge on any atom is 0.314 e. The van der Waals surface area contributed by atoms with E-state index in [-0.39, 0.29) is 5.91 Å². The first kappa shape index (κ1) is 10.7. The molecule has 2 heterocycles. The number of rotatable bonds is 1. The normalized spacial score (nSPS) is 11.0. The molecule has 1 aromatic carbocycles. The molecule has 0 amide bonds. The molecule has 0 aliphatic heterocycles. The number of hydrogen-bond acceptors (Lipinski definition) is 3. The number of benzene rings is 1. The van der Waals surface area contributed by atoms with Crippen LogP contribution in [-0.4, -0.2) is 25.7 Å². The van der Waals surface area contributed by atoms with Crippen molar-refractivity contribution in [1.82, 2.24) is 19.7 Å². The molecule has 5 heteroatoms. The van der Waals surface area contributed by atoms with Crippen LogP contribution >= 0.6 is 0 Å². The third-order valence-corrected chi connectivity index (χ3v) is 2.79. The van der Waals surface area contributed by atoms with Gasteiger partial charge in [-0.05, 0) is 32.0 Å². The highest BCUT2D eigenvalue weighted by molar-refractivity contribution is 5.95. The molecule has 2 aromatic heterocycles. The Balaban J connectivity index is 2.09. The maximum atomic E-state index is 12.3. The van der Waals surface area contributed by atoms with Crippen LogP contribution in [0.1, 0.15) is 22.0 Å². The number of imidazole rings is 1. The van der Waals surface area contributed by atoms with Gasteiger partial charge in [0.05, 0.1) is 16.7 Å². The van der Waals surface area contributed by atoms with Gasteiger partial charge in [-0.15, -0.1) is 0 Å². The van der Waals surface area contributed by atoms with Crippen molar-refractivity contribution in [3.05, 3.63) is 47.5 Å². The molecule has 0 atom stereocenters. The van der Waals surface area contributed by atoms with Crippen LogP contribution in [0.5, 0.6) is 0 Å². The Morgan fingerprint density at radius 1 is 1.28 bits per heavy atom. The molecule has 1 N–H and O–H groups in total. The summed E-state index contributed by atoms with van der Waals surface area (Å²) in [5, 5.41) is 4.16. The molecule has 0 saturated heterocycles. The minimum atomic E-state index is -0.239. The lowest BCUT2D eigenvalue weighted by molar-refractivity contribution is 0.0933. The third kappa shape index (κ3) is 1.60. The predicted molar refractivity (Wildman–Crippen MR) is 67.5 cm³/mol. The van der Waals surface area contributed by atoms with E-state index in [1.165, 1.54) is 4.68 Å². The van der Waals surface area contributed by atoms with E-state index in [9.17, 15) is 4.79 Å². The van der Waals surface area contributed by atoms with E-state index in [1.807, 2.05) is 44.2 Å². The minimum absolute atomic E-state index is 0.239. The zero-order valence-corrected chi connectivity index (χ0v) is 10.1. The van der Waals surface area contributed by atoms with Crippen LogP contribution in [0.15, 0.2) is 30.3 Å². The summed E-state index contributed by atoms with van der Waals surface area (Å²) in [7, 11) is 0. The van der Waals surface area contributed by atoms with Crippen LogP contribution in [0.4, 0.5) is 0 Å². The van der Waals surface area contributed by atoms with Crippen LogP contribution in [0, 0.1) is 13.8 Å². The van der Waals surface area contributed by atoms with E-state index in [1.54, 1.807) is 0 Å². The molecular weight excluding hydrogens is 228 g/mol. The Kier molecular flexibility index (Phi) is 2.26. The zero-order valence-electron chi connectivity index (χ0n) is 10.1. The fraction of sp³-hybridized carbons (Fsp3) is 0.154. The second-order valence-corrected chi connectivity index (χ2v) is 4.25. The van der Waals surface area contributed by atoms with Crippen LogP contribution in [0.3, 0.4) is 0 Å². The zero-order chi connectivity index (χ0) is 12.7. The summed E-state index contributed by atoms with van der Waals surface area (Å²) in [6.07, 6.45) is 0. The monoisotopic (exact) mass is 240 g/mol. The average molecular weight is 240 g/mol. The Labute approximate surface area is 103 Å². The Bertz CT molecular complexity index is 705. The lowest BCUT2D eigenvalue weighted by Crippen LogP contribution is -2.16. The molecule has 5 nitrogen and oxygen atoms in total. The van der Waals surface area contributed by atoms with Gasteiger partial charge in [-0.2, -0.15) is 9.78 Å². The maximum absolute atomic E-state index is 12.3. The van der Waals surface area contributed by atoms with Gasteiger partial charge in [0.25, 0.3) is 0 Å². The summed E-state index contributed by atoms with van der Waals surface area (Å²) in [6, 6.07) is 9.41. The fourth-order valence-corrected chi connectivity index (χ4v) is 1.99. The topological polar surface area (TPSA) is 63.6 Å². The molecule has 0 bridgehead atoms. The lowest BCUT2D eigenvalue weighted by Gasteiger charge is -1.98. The number of nitrogens with zero attached hydrogens (tertiary/aromatic N) is 3. The number of aromatic amines is 1. The first-order chi connectivity index (χ1) is 8.65. The molecular formula is C13H12N4O. The van der Waals surface area contributed by atoms with Crippen LogP contribution in [0.25, 0.3) is 11.0 Å². The Morgan fingerprint density at radius 3 is 2.72 bits per heavy atom. The number of aromatic nitrogens is 4. The molecule has 18 heavy (non-hydrogen) atoms. The number of aryl methyl sites for hydroxylation is 2. The van der Waals surface area contributed by atoms with Gasteiger partial charge in [0.15, 0.2) is 5.82 Å². The van der Waals surface area contributed by atoms with Crippen molar-refractivity contribution in [2.75, 3.05) is 0 Å². The van der Waals surface area contributed by atoms with Gasteiger partial charge >= 0.3 is 5.91 Å². The molecule has 0 aliphatic carbocycles. The van der Waals surface area contributed by atoms with E-state index in [4.69, 9.17) is 0 Å². The summed E-state index contributed by atoms with van der Waals surface area (Å²) < 4.78 is 1.37. The van der Waals surface area contributed by atoms with E-state index in [0.29, 0.717) is 5.82 Å². The van der Waals surface area contributed by atoms with E-state index < -0.39 is 0 Å². The quantitative estimate of drug-likeness (QED) is 0.708. The van der Waals surface area contributed by atoms with E-state index >= 15 is 0 Å². The second-order valence-electron chi connectivity index (χ2n) is 4.25. The van der Waals surface area contributed by atoms with Crippen LogP contribution in [-0.2, 0) is 0 Å². The highest BCUT2D eigenvalue weighted by Gasteiger charge is 2.16. The number of carbonyl (C=O) groups excluding carboxylic acids is 1. The van der Waals surface area contributed by atoms with Gasteiger partial charge in [-0.1, -0.05) is 12.1 Å². The van der Waals surface area contributed by atoms with Gasteiger partial charge in [0.1, 0.15) is 0 Å². The van der Waals surface area contributed by atoms with Crippen molar-refractivity contribution in [1.29, 1.82) is 0 Å². The molecule has 0 aliphatic rings. The van der Waals surface area contributed by atoms with Gasteiger partial charge in [0, 0.05) is 5.69 Å². The van der Waals surface area contributed by atoms with Gasteiger partial charge < -0.3 is 4.98 Å². The van der Waals surface area contributed by atoms with Crippen LogP contribution in [0.2, 0.25) is 0 Å². The van der Waals surface area contributed by atoms with Crippen molar-refractivity contribution in [2.24, 2.45) is 0 Å². The first-order valence-corrected chi connectivity index (χ1v) is 5.68. The Hall–Kier alpha value is -2.43. The number of hydrogen-bond donors (Lipinski definition) is 1. The number of H-pyrrole nitrogens is 1. The molecule has 0 fully saturated rings. The number of fused-ring (bicyclic) bond motifs is 1. The van der Waals surface area contributed by atoms with Gasteiger partial charge in [-0.25, -0.2) is 4.98 Å². The molecule has 90 valence electrons. The van der Waals surface area contributed by atoms with Crippen molar-refractivity contribution < 1.29 is 4.79 Å². The van der Waals surface area contributed by atoms with Gasteiger partial charge in [0.2, 0.25) is 0 Å². The summed E-state index contributed by atoms with van der Waals surface area (Å²) >= 11 is 0. The van der Waals surface area contributed by atoms with Crippen molar-refractivity contribution in [2.45, 2.75) is 13.8 Å². The minimum Gasteiger partial charge on any atom is -0.334 e. The second kappa shape index (κ2) is 3.80. The summed E-state index contributed by atoms with van der Waals surface area (Å²) in [5.41, 5.74) is 3.25. The van der Waals surface area contributed by atoms with Crippen molar-refractivity contribution >= 4 is 16.9 Å². The standard InChI is InChI=1S/C13H12N4O/c1-8-7-9(2)17(16-8)13(18)12-14-10-5-3-4-6-11(10)15-12/h3-7H,1-2H3,(H,14,15). The summed E-state index contributed by atoms with van der Waals surface area (Å²) in [4.78, 5) is 19.5. The highest BCUT2D eigenvalue weighted by atomic mass is 16.2. The smallest absolute Gasteiger partial charge is 0.314 e. The van der Waals surface area contributed by atoms with Crippen molar-refractivity contribution in [3.8, 4) is 0 Å². The number of carbonyl (C=O) groups is 1. The summed E-state index contributed by atoms with van der Waals surface area (Å²) in [6.45, 7) is 3.70. The van der Waals surface area contributed by atoms with E-state index in [0.717, 1.165) is 22.4 Å². The number of nitrogens with one attached hydrogen (secondary N) is 1. The molecule has 0 saturated carbocycles. The Morgan fingerprint density at radius 2 is 2.06 bits per heavy atom. The molecule has 0 radical (unpaired) electrons. The highest BCUT2D eigenvalue weighted by Crippen LogP contribution is 2.12. The predicted octanol–water partition coefficient (Wildman–Crippen LogP) is 2.06. The summed E-state index contributed by atoms with van der Waals surface area (Å²) in [5.74, 6) is 0.0687. The molecule has 3 rings (SSSR count). The largest absolute Gasteiger partial charge is 0.334 e. The molecule has 0 spiro atoms. The van der Waals surface area contributed by atoms with E-state index in [2.05, 4.69) is 15.1 Å². The molecule has 0 unspecified atom stereocenters.